The van der Waals surface area contributed by atoms with Crippen LogP contribution < -0.4 is 10.6 Å². The number of likely N-dealkylation sites (tertiary alicyclic amines) is 1. The van der Waals surface area contributed by atoms with Gasteiger partial charge in [0.15, 0.2) is 5.96 Å². The summed E-state index contributed by atoms with van der Waals surface area (Å²) in [7, 11) is 1.76. The Morgan fingerprint density at radius 1 is 1.23 bits per heavy atom. The van der Waals surface area contributed by atoms with E-state index in [0.717, 1.165) is 49.6 Å². The van der Waals surface area contributed by atoms with Crippen molar-refractivity contribution in [2.24, 2.45) is 10.9 Å². The van der Waals surface area contributed by atoms with Gasteiger partial charge in [-0.1, -0.05) is 30.5 Å². The van der Waals surface area contributed by atoms with E-state index < -0.39 is 0 Å². The average Bonchev–Trinajstić information content (AvgIpc) is 3.53. The van der Waals surface area contributed by atoms with Gasteiger partial charge in [0.1, 0.15) is 6.26 Å². The van der Waals surface area contributed by atoms with E-state index in [1.54, 1.807) is 13.3 Å². The fraction of sp³-hybridized carbons (Fsp3) is 0.522. The molecule has 1 unspecified atom stereocenters. The lowest BCUT2D eigenvalue weighted by atomic mass is 10.1. The molecule has 31 heavy (non-hydrogen) atoms. The standard InChI is InChI=1S/C23H31N5O2.HI/c1-16-7-9-17(10-8-16)21-26-20(15-30-21)13-25-23(24-2)27-19-11-12-28(14-19)22(29)18-5-3-4-6-18;/h7-10,15,18-19H,3-6,11-14H2,1-2H3,(H2,24,25,27);1H. The fourth-order valence-corrected chi connectivity index (χ4v) is 4.29. The van der Waals surface area contributed by atoms with E-state index in [-0.39, 0.29) is 35.9 Å². The summed E-state index contributed by atoms with van der Waals surface area (Å²) in [5, 5.41) is 6.74. The SMILES string of the molecule is CN=C(NCc1coc(-c2ccc(C)cc2)n1)NC1CCN(C(=O)C2CCCC2)C1.I. The summed E-state index contributed by atoms with van der Waals surface area (Å²) in [6.07, 6.45) is 7.11. The molecule has 0 bridgehead atoms. The molecule has 2 fully saturated rings. The van der Waals surface area contributed by atoms with Gasteiger partial charge in [0.05, 0.1) is 12.2 Å². The highest BCUT2D eigenvalue weighted by atomic mass is 127. The third kappa shape index (κ3) is 5.99. The van der Waals surface area contributed by atoms with Gasteiger partial charge >= 0.3 is 0 Å². The molecule has 8 heteroatoms. The quantitative estimate of drug-likeness (QED) is 0.345. The lowest BCUT2D eigenvalue weighted by Crippen LogP contribution is -2.45. The lowest BCUT2D eigenvalue weighted by Gasteiger charge is -2.21. The molecule has 0 radical (unpaired) electrons. The summed E-state index contributed by atoms with van der Waals surface area (Å²) >= 11 is 0. The van der Waals surface area contributed by atoms with Crippen molar-refractivity contribution >= 4 is 35.8 Å². The summed E-state index contributed by atoms with van der Waals surface area (Å²) in [5.74, 6) is 1.92. The molecule has 1 aliphatic carbocycles. The van der Waals surface area contributed by atoms with Crippen molar-refractivity contribution < 1.29 is 9.21 Å². The second-order valence-electron chi connectivity index (χ2n) is 8.33. The first-order valence-corrected chi connectivity index (χ1v) is 10.9. The Balaban J connectivity index is 0.00000272. The first kappa shape index (κ1) is 23.6. The molecule has 1 aliphatic heterocycles. The van der Waals surface area contributed by atoms with Crippen molar-refractivity contribution in [1.82, 2.24) is 20.5 Å². The predicted octanol–water partition coefficient (Wildman–Crippen LogP) is 3.72. The Morgan fingerprint density at radius 2 is 1.97 bits per heavy atom. The van der Waals surface area contributed by atoms with E-state index in [1.165, 1.54) is 18.4 Å². The van der Waals surface area contributed by atoms with E-state index in [0.29, 0.717) is 18.3 Å². The molecule has 168 valence electrons. The summed E-state index contributed by atoms with van der Waals surface area (Å²) in [6.45, 7) is 4.15. The predicted molar refractivity (Wildman–Crippen MR) is 132 cm³/mol. The van der Waals surface area contributed by atoms with Gasteiger partial charge < -0.3 is 20.0 Å². The number of oxazole rings is 1. The highest BCUT2D eigenvalue weighted by Gasteiger charge is 2.32. The van der Waals surface area contributed by atoms with Crippen LogP contribution in [0.15, 0.2) is 39.9 Å². The monoisotopic (exact) mass is 537 g/mol. The number of benzene rings is 1. The summed E-state index contributed by atoms with van der Waals surface area (Å²) in [5.41, 5.74) is 2.99. The minimum absolute atomic E-state index is 0. The molecule has 2 N–H and O–H groups in total. The maximum absolute atomic E-state index is 12.6. The topological polar surface area (TPSA) is 82.8 Å². The Morgan fingerprint density at radius 3 is 2.68 bits per heavy atom. The minimum atomic E-state index is 0. The number of rotatable bonds is 5. The number of carbonyl (C=O) groups excluding carboxylic acids is 1. The van der Waals surface area contributed by atoms with E-state index in [4.69, 9.17) is 4.42 Å². The Kier molecular flexibility index (Phi) is 8.34. The molecule has 2 aromatic rings. The normalized spacial score (nSPS) is 19.4. The van der Waals surface area contributed by atoms with Crippen LogP contribution in [0.3, 0.4) is 0 Å². The van der Waals surface area contributed by atoms with Crippen molar-refractivity contribution in [3.8, 4) is 11.5 Å². The third-order valence-electron chi connectivity index (χ3n) is 6.06. The molecule has 7 nitrogen and oxygen atoms in total. The van der Waals surface area contributed by atoms with E-state index >= 15 is 0 Å². The second-order valence-corrected chi connectivity index (χ2v) is 8.33. The molecule has 1 saturated heterocycles. The fourth-order valence-electron chi connectivity index (χ4n) is 4.29. The van der Waals surface area contributed by atoms with Crippen molar-refractivity contribution in [2.75, 3.05) is 20.1 Å². The van der Waals surface area contributed by atoms with Crippen LogP contribution >= 0.6 is 24.0 Å². The third-order valence-corrected chi connectivity index (χ3v) is 6.06. The molecule has 1 atom stereocenters. The van der Waals surface area contributed by atoms with E-state index in [2.05, 4.69) is 27.5 Å². The number of aryl methyl sites for hydroxylation is 1. The zero-order valence-electron chi connectivity index (χ0n) is 18.3. The number of guanidine groups is 1. The zero-order valence-corrected chi connectivity index (χ0v) is 20.6. The van der Waals surface area contributed by atoms with Gasteiger partial charge in [0, 0.05) is 37.7 Å². The van der Waals surface area contributed by atoms with Gasteiger partial charge in [-0.25, -0.2) is 4.98 Å². The highest BCUT2D eigenvalue weighted by Crippen LogP contribution is 2.27. The molecule has 1 saturated carbocycles. The van der Waals surface area contributed by atoms with Gasteiger partial charge in [-0.3, -0.25) is 9.79 Å². The molecular formula is C23H32IN5O2. The average molecular weight is 537 g/mol. The molecular weight excluding hydrogens is 505 g/mol. The molecule has 1 aromatic carbocycles. The van der Waals surface area contributed by atoms with Gasteiger partial charge in [-0.2, -0.15) is 0 Å². The number of aliphatic imine (C=N–C) groups is 1. The van der Waals surface area contributed by atoms with E-state index in [1.807, 2.05) is 29.2 Å². The van der Waals surface area contributed by atoms with Crippen molar-refractivity contribution in [1.29, 1.82) is 0 Å². The zero-order chi connectivity index (χ0) is 20.9. The number of carbonyl (C=O) groups is 1. The van der Waals surface area contributed by atoms with Gasteiger partial charge in [0.25, 0.3) is 0 Å². The minimum Gasteiger partial charge on any atom is -0.444 e. The van der Waals surface area contributed by atoms with Crippen LogP contribution in [0.2, 0.25) is 0 Å². The summed E-state index contributed by atoms with van der Waals surface area (Å²) < 4.78 is 5.62. The number of hydrogen-bond donors (Lipinski definition) is 2. The molecule has 1 aromatic heterocycles. The second kappa shape index (κ2) is 11.0. The Bertz CT molecular complexity index is 890. The molecule has 2 aliphatic rings. The van der Waals surface area contributed by atoms with Crippen molar-refractivity contribution in [3.63, 3.8) is 0 Å². The van der Waals surface area contributed by atoms with Crippen LogP contribution in [0.25, 0.3) is 11.5 Å². The Labute approximate surface area is 201 Å². The van der Waals surface area contributed by atoms with Crippen LogP contribution in [0.5, 0.6) is 0 Å². The maximum Gasteiger partial charge on any atom is 0.226 e. The first-order chi connectivity index (χ1) is 14.6. The summed E-state index contributed by atoms with van der Waals surface area (Å²) in [4.78, 5) is 23.5. The van der Waals surface area contributed by atoms with Crippen LogP contribution in [0.4, 0.5) is 0 Å². The number of amides is 1. The molecule has 4 rings (SSSR count). The number of nitrogens with zero attached hydrogens (tertiary/aromatic N) is 3. The molecule has 0 spiro atoms. The van der Waals surface area contributed by atoms with E-state index in [9.17, 15) is 4.79 Å². The van der Waals surface area contributed by atoms with Crippen LogP contribution in [-0.2, 0) is 11.3 Å². The van der Waals surface area contributed by atoms with Gasteiger partial charge in [0.2, 0.25) is 11.8 Å². The summed E-state index contributed by atoms with van der Waals surface area (Å²) in [6, 6.07) is 8.34. The largest absolute Gasteiger partial charge is 0.444 e. The smallest absolute Gasteiger partial charge is 0.226 e. The van der Waals surface area contributed by atoms with Gasteiger partial charge in [-0.15, -0.1) is 24.0 Å². The van der Waals surface area contributed by atoms with Crippen LogP contribution in [-0.4, -0.2) is 47.9 Å². The van der Waals surface area contributed by atoms with Crippen LogP contribution in [0, 0.1) is 12.8 Å². The Hall–Kier alpha value is -2.10. The number of nitrogens with one attached hydrogen (secondary N) is 2. The van der Waals surface area contributed by atoms with Gasteiger partial charge in [-0.05, 0) is 38.3 Å². The van der Waals surface area contributed by atoms with Crippen molar-refractivity contribution in [3.05, 3.63) is 41.8 Å². The number of halogens is 1. The lowest BCUT2D eigenvalue weighted by molar-refractivity contribution is -0.134. The van der Waals surface area contributed by atoms with Crippen LogP contribution in [0.1, 0.15) is 43.4 Å². The number of aromatic nitrogens is 1. The molecule has 2 heterocycles. The first-order valence-electron chi connectivity index (χ1n) is 10.9. The molecule has 1 amide bonds. The van der Waals surface area contributed by atoms with Crippen molar-refractivity contribution in [2.45, 2.75) is 51.6 Å². The maximum atomic E-state index is 12.6. The number of hydrogen-bond acceptors (Lipinski definition) is 4. The highest BCUT2D eigenvalue weighted by molar-refractivity contribution is 14.0.